The van der Waals surface area contributed by atoms with Gasteiger partial charge in [0.05, 0.1) is 0 Å². The van der Waals surface area contributed by atoms with Crippen molar-refractivity contribution in [2.45, 2.75) is 6.10 Å². The number of rotatable bonds is 2. The molecule has 17 heavy (non-hydrogen) atoms. The number of phenolic OH excluding ortho intramolecular Hbond substituents is 1. The number of phenols is 1. The first kappa shape index (κ1) is 11.4. The number of nitrogens with two attached hydrogens (primary N) is 1. The number of aromatic hydroxyl groups is 1. The molecule has 4 N–H and O–H groups in total. The maximum Gasteiger partial charge on any atom is 0.125 e. The van der Waals surface area contributed by atoms with Gasteiger partial charge in [0.15, 0.2) is 0 Å². The monoisotopic (exact) mass is 233 g/mol. The van der Waals surface area contributed by atoms with Gasteiger partial charge >= 0.3 is 0 Å². The Morgan fingerprint density at radius 1 is 1.06 bits per heavy atom. The molecule has 2 rings (SSSR count). The number of nitrogen functional groups attached to an aromatic ring is 1. The average molecular weight is 233 g/mol. The van der Waals surface area contributed by atoms with Gasteiger partial charge in [0.2, 0.25) is 0 Å². The Morgan fingerprint density at radius 3 is 2.29 bits per heavy atom. The summed E-state index contributed by atoms with van der Waals surface area (Å²) in [5, 5.41) is 19.2. The molecule has 2 aromatic carbocycles. The third kappa shape index (κ3) is 2.37. The van der Waals surface area contributed by atoms with Crippen LogP contribution in [0.15, 0.2) is 42.5 Å². The maximum absolute atomic E-state index is 12.9. The summed E-state index contributed by atoms with van der Waals surface area (Å²) < 4.78 is 12.9. The van der Waals surface area contributed by atoms with Crippen molar-refractivity contribution in [1.29, 1.82) is 0 Å². The first-order valence-corrected chi connectivity index (χ1v) is 5.10. The van der Waals surface area contributed by atoms with Crippen LogP contribution < -0.4 is 5.73 Å². The van der Waals surface area contributed by atoms with E-state index in [9.17, 15) is 9.50 Å². The molecule has 0 aliphatic rings. The van der Waals surface area contributed by atoms with Crippen molar-refractivity contribution in [2.24, 2.45) is 0 Å². The molecule has 0 saturated carbocycles. The summed E-state index contributed by atoms with van der Waals surface area (Å²) in [6.07, 6.45) is -0.934. The fourth-order valence-electron chi connectivity index (χ4n) is 1.63. The van der Waals surface area contributed by atoms with E-state index in [4.69, 9.17) is 10.8 Å². The van der Waals surface area contributed by atoms with Gasteiger partial charge in [-0.05, 0) is 29.8 Å². The standard InChI is InChI=1S/C13H12FNO2/c14-9-3-6-11(12(15)7-9)13(17)8-1-4-10(16)5-2-8/h1-7,13,16-17H,15H2. The second kappa shape index (κ2) is 4.43. The summed E-state index contributed by atoms with van der Waals surface area (Å²) >= 11 is 0. The van der Waals surface area contributed by atoms with E-state index in [2.05, 4.69) is 0 Å². The molecule has 0 bridgehead atoms. The second-order valence-corrected chi connectivity index (χ2v) is 3.77. The minimum absolute atomic E-state index is 0.119. The van der Waals surface area contributed by atoms with Crippen LogP contribution in [0.1, 0.15) is 17.2 Å². The molecule has 0 aliphatic carbocycles. The molecule has 1 unspecified atom stereocenters. The zero-order valence-electron chi connectivity index (χ0n) is 8.97. The third-order valence-electron chi connectivity index (χ3n) is 2.55. The van der Waals surface area contributed by atoms with Crippen molar-refractivity contribution in [2.75, 3.05) is 5.73 Å². The first-order valence-electron chi connectivity index (χ1n) is 5.10. The molecule has 0 saturated heterocycles. The Hall–Kier alpha value is -2.07. The zero-order valence-corrected chi connectivity index (χ0v) is 8.97. The van der Waals surface area contributed by atoms with Gasteiger partial charge in [0.25, 0.3) is 0 Å². The van der Waals surface area contributed by atoms with E-state index in [-0.39, 0.29) is 11.4 Å². The average Bonchev–Trinajstić information content (AvgIpc) is 2.29. The summed E-state index contributed by atoms with van der Waals surface area (Å²) in [4.78, 5) is 0. The quantitative estimate of drug-likeness (QED) is 0.696. The molecule has 3 nitrogen and oxygen atoms in total. The van der Waals surface area contributed by atoms with Gasteiger partial charge in [-0.1, -0.05) is 18.2 Å². The molecule has 0 aromatic heterocycles. The van der Waals surface area contributed by atoms with Crippen LogP contribution in [-0.4, -0.2) is 10.2 Å². The lowest BCUT2D eigenvalue weighted by atomic mass is 10.00. The van der Waals surface area contributed by atoms with Crippen LogP contribution in [0, 0.1) is 5.82 Å². The van der Waals surface area contributed by atoms with E-state index in [0.29, 0.717) is 11.1 Å². The predicted molar refractivity (Wildman–Crippen MR) is 63.0 cm³/mol. The van der Waals surface area contributed by atoms with Crippen LogP contribution in [0.4, 0.5) is 10.1 Å². The van der Waals surface area contributed by atoms with Crippen molar-refractivity contribution in [1.82, 2.24) is 0 Å². The lowest BCUT2D eigenvalue weighted by Crippen LogP contribution is -2.04. The van der Waals surface area contributed by atoms with E-state index >= 15 is 0 Å². The Bertz CT molecular complexity index is 525. The van der Waals surface area contributed by atoms with Crippen LogP contribution in [0.2, 0.25) is 0 Å². The minimum Gasteiger partial charge on any atom is -0.508 e. The van der Waals surface area contributed by atoms with Gasteiger partial charge in [-0.25, -0.2) is 4.39 Å². The molecule has 0 heterocycles. The van der Waals surface area contributed by atoms with Crippen molar-refractivity contribution in [3.63, 3.8) is 0 Å². The van der Waals surface area contributed by atoms with Gasteiger partial charge in [-0.2, -0.15) is 0 Å². The van der Waals surface area contributed by atoms with Crippen molar-refractivity contribution >= 4 is 5.69 Å². The zero-order chi connectivity index (χ0) is 12.4. The number of halogens is 1. The normalized spacial score (nSPS) is 12.4. The largest absolute Gasteiger partial charge is 0.508 e. The lowest BCUT2D eigenvalue weighted by Gasteiger charge is -2.13. The van der Waals surface area contributed by atoms with Gasteiger partial charge < -0.3 is 15.9 Å². The molecular formula is C13H12FNO2. The molecule has 0 amide bonds. The minimum atomic E-state index is -0.934. The number of hydrogen-bond donors (Lipinski definition) is 3. The summed E-state index contributed by atoms with van der Waals surface area (Å²) in [6.45, 7) is 0. The van der Waals surface area contributed by atoms with Crippen LogP contribution in [-0.2, 0) is 0 Å². The van der Waals surface area contributed by atoms with E-state index in [1.165, 1.54) is 30.3 Å². The molecule has 88 valence electrons. The van der Waals surface area contributed by atoms with Crippen molar-refractivity contribution in [3.8, 4) is 5.75 Å². The highest BCUT2D eigenvalue weighted by molar-refractivity contribution is 5.51. The first-order chi connectivity index (χ1) is 8.08. The smallest absolute Gasteiger partial charge is 0.125 e. The van der Waals surface area contributed by atoms with Crippen LogP contribution in [0.3, 0.4) is 0 Å². The Kier molecular flexibility index (Phi) is 2.97. The molecule has 1 atom stereocenters. The van der Waals surface area contributed by atoms with E-state index in [1.54, 1.807) is 12.1 Å². The Morgan fingerprint density at radius 2 is 1.71 bits per heavy atom. The highest BCUT2D eigenvalue weighted by Crippen LogP contribution is 2.27. The number of aliphatic hydroxyl groups is 1. The third-order valence-corrected chi connectivity index (χ3v) is 2.55. The molecule has 0 aliphatic heterocycles. The maximum atomic E-state index is 12.9. The summed E-state index contributed by atoms with van der Waals surface area (Å²) in [6, 6.07) is 9.97. The molecule has 0 radical (unpaired) electrons. The highest BCUT2D eigenvalue weighted by atomic mass is 19.1. The SMILES string of the molecule is Nc1cc(F)ccc1C(O)c1ccc(O)cc1. The Labute approximate surface area is 97.9 Å². The van der Waals surface area contributed by atoms with Gasteiger partial charge in [0, 0.05) is 11.3 Å². The molecule has 2 aromatic rings. The van der Waals surface area contributed by atoms with Crippen LogP contribution in [0.5, 0.6) is 5.75 Å². The van der Waals surface area contributed by atoms with Gasteiger partial charge in [-0.3, -0.25) is 0 Å². The van der Waals surface area contributed by atoms with Crippen LogP contribution >= 0.6 is 0 Å². The van der Waals surface area contributed by atoms with E-state index in [0.717, 1.165) is 0 Å². The van der Waals surface area contributed by atoms with E-state index in [1.807, 2.05) is 0 Å². The topological polar surface area (TPSA) is 66.5 Å². The summed E-state index contributed by atoms with van der Waals surface area (Å²) in [5.41, 5.74) is 6.87. The summed E-state index contributed by atoms with van der Waals surface area (Å²) in [5.74, 6) is -0.322. The lowest BCUT2D eigenvalue weighted by molar-refractivity contribution is 0.221. The fraction of sp³-hybridized carbons (Fsp3) is 0.0769. The summed E-state index contributed by atoms with van der Waals surface area (Å²) in [7, 11) is 0. The molecule has 4 heteroatoms. The Balaban J connectivity index is 2.36. The fourth-order valence-corrected chi connectivity index (χ4v) is 1.63. The highest BCUT2D eigenvalue weighted by Gasteiger charge is 2.13. The van der Waals surface area contributed by atoms with Crippen molar-refractivity contribution < 1.29 is 14.6 Å². The van der Waals surface area contributed by atoms with Gasteiger partial charge in [0.1, 0.15) is 17.7 Å². The second-order valence-electron chi connectivity index (χ2n) is 3.77. The van der Waals surface area contributed by atoms with Crippen LogP contribution in [0.25, 0.3) is 0 Å². The number of hydrogen-bond acceptors (Lipinski definition) is 3. The van der Waals surface area contributed by atoms with Crippen molar-refractivity contribution in [3.05, 3.63) is 59.4 Å². The van der Waals surface area contributed by atoms with Gasteiger partial charge in [-0.15, -0.1) is 0 Å². The predicted octanol–water partition coefficient (Wildman–Crippen LogP) is 2.20. The van der Waals surface area contributed by atoms with E-state index < -0.39 is 11.9 Å². The molecule has 0 fully saturated rings. The molecule has 0 spiro atoms. The number of anilines is 1. The molecular weight excluding hydrogens is 221 g/mol. The number of benzene rings is 2. The number of aliphatic hydroxyl groups excluding tert-OH is 1.